The van der Waals surface area contributed by atoms with Gasteiger partial charge in [0, 0.05) is 5.38 Å². The first kappa shape index (κ1) is 9.51. The first-order valence-electron chi connectivity index (χ1n) is 6.47. The van der Waals surface area contributed by atoms with Gasteiger partial charge in [-0.15, -0.1) is 11.6 Å². The molecule has 3 rings (SSSR count). The molecule has 1 heteroatoms. The van der Waals surface area contributed by atoms with Gasteiger partial charge >= 0.3 is 0 Å². The Kier molecular flexibility index (Phi) is 2.51. The Morgan fingerprint density at radius 3 is 2.50 bits per heavy atom. The maximum atomic E-state index is 6.36. The predicted octanol–water partition coefficient (Wildman–Crippen LogP) is 4.22. The van der Waals surface area contributed by atoms with Gasteiger partial charge in [-0.2, -0.15) is 0 Å². The summed E-state index contributed by atoms with van der Waals surface area (Å²) in [7, 11) is 0. The minimum atomic E-state index is 0.522. The molecule has 0 aromatic rings. The summed E-state index contributed by atoms with van der Waals surface area (Å²) in [4.78, 5) is 0. The fourth-order valence-corrected chi connectivity index (χ4v) is 4.17. The minimum Gasteiger partial charge on any atom is -0.123 e. The van der Waals surface area contributed by atoms with Crippen LogP contribution in [-0.2, 0) is 0 Å². The molecule has 3 saturated carbocycles. The highest BCUT2D eigenvalue weighted by Crippen LogP contribution is 2.50. The molecule has 14 heavy (non-hydrogen) atoms. The molecule has 0 aliphatic heterocycles. The molecule has 80 valence electrons. The SMILES string of the molecule is ClC(CCC1CC2CCC1C2)C1CC1. The van der Waals surface area contributed by atoms with Crippen LogP contribution in [0.3, 0.4) is 0 Å². The highest BCUT2D eigenvalue weighted by Gasteiger charge is 2.39. The van der Waals surface area contributed by atoms with Gasteiger partial charge in [0.05, 0.1) is 0 Å². The molecule has 0 heterocycles. The van der Waals surface area contributed by atoms with Gasteiger partial charge in [0.2, 0.25) is 0 Å². The third-order valence-corrected chi connectivity index (χ3v) is 5.41. The number of fused-ring (bicyclic) bond motifs is 2. The second kappa shape index (κ2) is 3.70. The third kappa shape index (κ3) is 1.83. The van der Waals surface area contributed by atoms with E-state index in [-0.39, 0.29) is 0 Å². The van der Waals surface area contributed by atoms with E-state index < -0.39 is 0 Å². The van der Waals surface area contributed by atoms with Crippen LogP contribution in [0.1, 0.15) is 51.4 Å². The number of halogens is 1. The first-order valence-corrected chi connectivity index (χ1v) is 6.90. The minimum absolute atomic E-state index is 0.522. The molecule has 0 nitrogen and oxygen atoms in total. The highest BCUT2D eigenvalue weighted by molar-refractivity contribution is 6.20. The van der Waals surface area contributed by atoms with Crippen LogP contribution in [0.5, 0.6) is 0 Å². The standard InChI is InChI=1S/C13H21Cl/c14-13(10-3-4-10)6-5-12-8-9-1-2-11(12)7-9/h9-13H,1-8H2. The van der Waals surface area contributed by atoms with E-state index in [2.05, 4.69) is 0 Å². The van der Waals surface area contributed by atoms with Crippen LogP contribution >= 0.6 is 11.6 Å². The molecular formula is C13H21Cl. The highest BCUT2D eigenvalue weighted by atomic mass is 35.5. The Morgan fingerprint density at radius 2 is 1.93 bits per heavy atom. The number of hydrogen-bond acceptors (Lipinski definition) is 0. The lowest BCUT2D eigenvalue weighted by molar-refractivity contribution is 0.305. The Hall–Kier alpha value is 0.290. The van der Waals surface area contributed by atoms with E-state index in [1.807, 2.05) is 0 Å². The maximum Gasteiger partial charge on any atom is 0.0364 e. The van der Waals surface area contributed by atoms with Crippen LogP contribution < -0.4 is 0 Å². The quantitative estimate of drug-likeness (QED) is 0.613. The summed E-state index contributed by atoms with van der Waals surface area (Å²) in [6, 6.07) is 0. The second-order valence-electron chi connectivity index (χ2n) is 5.87. The van der Waals surface area contributed by atoms with Gasteiger partial charge < -0.3 is 0 Å². The lowest BCUT2D eigenvalue weighted by Gasteiger charge is -2.22. The number of alkyl halides is 1. The largest absolute Gasteiger partial charge is 0.123 e. The van der Waals surface area contributed by atoms with Crippen LogP contribution in [0.2, 0.25) is 0 Å². The van der Waals surface area contributed by atoms with Gasteiger partial charge in [-0.05, 0) is 68.6 Å². The molecule has 4 unspecified atom stereocenters. The lowest BCUT2D eigenvalue weighted by atomic mass is 9.85. The summed E-state index contributed by atoms with van der Waals surface area (Å²) in [5.41, 5.74) is 0. The van der Waals surface area contributed by atoms with Crippen LogP contribution in [0, 0.1) is 23.7 Å². The van der Waals surface area contributed by atoms with Crippen LogP contribution in [0.15, 0.2) is 0 Å². The fraction of sp³-hybridized carbons (Fsp3) is 1.00. The normalized spacial score (nSPS) is 43.1. The van der Waals surface area contributed by atoms with Gasteiger partial charge in [0.15, 0.2) is 0 Å². The zero-order valence-corrected chi connectivity index (χ0v) is 9.68. The Balaban J connectivity index is 1.44. The molecule has 0 aromatic carbocycles. The van der Waals surface area contributed by atoms with E-state index >= 15 is 0 Å². The molecule has 3 aliphatic rings. The van der Waals surface area contributed by atoms with E-state index in [4.69, 9.17) is 11.6 Å². The van der Waals surface area contributed by atoms with E-state index in [1.165, 1.54) is 38.5 Å². The molecule has 0 spiro atoms. The summed E-state index contributed by atoms with van der Waals surface area (Å²) >= 11 is 6.36. The third-order valence-electron chi connectivity index (χ3n) is 4.83. The molecule has 3 fully saturated rings. The number of rotatable bonds is 4. The van der Waals surface area contributed by atoms with Crippen molar-refractivity contribution in [2.45, 2.75) is 56.7 Å². The summed E-state index contributed by atoms with van der Waals surface area (Å²) in [5.74, 6) is 4.17. The van der Waals surface area contributed by atoms with Crippen LogP contribution in [-0.4, -0.2) is 5.38 Å². The van der Waals surface area contributed by atoms with Crippen molar-refractivity contribution in [3.8, 4) is 0 Å². The lowest BCUT2D eigenvalue weighted by Crippen LogP contribution is -2.13. The second-order valence-corrected chi connectivity index (χ2v) is 6.43. The smallest absolute Gasteiger partial charge is 0.0364 e. The molecule has 0 radical (unpaired) electrons. The molecule has 3 aliphatic carbocycles. The molecule has 4 atom stereocenters. The van der Waals surface area contributed by atoms with Crippen LogP contribution in [0.25, 0.3) is 0 Å². The summed E-state index contributed by atoms with van der Waals surface area (Å²) in [6.07, 6.45) is 11.7. The van der Waals surface area contributed by atoms with Gasteiger partial charge in [-0.25, -0.2) is 0 Å². The van der Waals surface area contributed by atoms with Gasteiger partial charge in [0.1, 0.15) is 0 Å². The van der Waals surface area contributed by atoms with E-state index in [0.717, 1.165) is 23.7 Å². The maximum absolute atomic E-state index is 6.36. The van der Waals surface area contributed by atoms with Crippen molar-refractivity contribution < 1.29 is 0 Å². The first-order chi connectivity index (χ1) is 6.83. The summed E-state index contributed by atoms with van der Waals surface area (Å²) in [5, 5.41) is 0.522. The van der Waals surface area contributed by atoms with E-state index in [9.17, 15) is 0 Å². The monoisotopic (exact) mass is 212 g/mol. The van der Waals surface area contributed by atoms with Gasteiger partial charge in [0.25, 0.3) is 0 Å². The Bertz CT molecular complexity index is 209. The van der Waals surface area contributed by atoms with E-state index in [0.29, 0.717) is 5.38 Å². The van der Waals surface area contributed by atoms with Gasteiger partial charge in [-0.3, -0.25) is 0 Å². The molecule has 0 saturated heterocycles. The van der Waals surface area contributed by atoms with Crippen molar-refractivity contribution in [1.82, 2.24) is 0 Å². The van der Waals surface area contributed by atoms with Crippen molar-refractivity contribution in [3.05, 3.63) is 0 Å². The van der Waals surface area contributed by atoms with Crippen molar-refractivity contribution in [2.24, 2.45) is 23.7 Å². The predicted molar refractivity (Wildman–Crippen MR) is 60.5 cm³/mol. The molecule has 2 bridgehead atoms. The number of hydrogen-bond donors (Lipinski definition) is 0. The van der Waals surface area contributed by atoms with Crippen molar-refractivity contribution in [2.75, 3.05) is 0 Å². The van der Waals surface area contributed by atoms with Crippen molar-refractivity contribution in [1.29, 1.82) is 0 Å². The summed E-state index contributed by atoms with van der Waals surface area (Å²) < 4.78 is 0. The average Bonchev–Trinajstić information content (AvgIpc) is 2.85. The molecule has 0 aromatic heterocycles. The Morgan fingerprint density at radius 1 is 1.07 bits per heavy atom. The van der Waals surface area contributed by atoms with Crippen molar-refractivity contribution >= 4 is 11.6 Å². The molecule has 0 N–H and O–H groups in total. The zero-order chi connectivity index (χ0) is 9.54. The average molecular weight is 213 g/mol. The topological polar surface area (TPSA) is 0 Å². The van der Waals surface area contributed by atoms with Crippen molar-refractivity contribution in [3.63, 3.8) is 0 Å². The fourth-order valence-electron chi connectivity index (χ4n) is 3.80. The van der Waals surface area contributed by atoms with Gasteiger partial charge in [-0.1, -0.05) is 6.42 Å². The van der Waals surface area contributed by atoms with Crippen LogP contribution in [0.4, 0.5) is 0 Å². The van der Waals surface area contributed by atoms with E-state index in [1.54, 1.807) is 12.8 Å². The zero-order valence-electron chi connectivity index (χ0n) is 8.92. The Labute approximate surface area is 92.4 Å². The molecule has 0 amide bonds. The summed E-state index contributed by atoms with van der Waals surface area (Å²) in [6.45, 7) is 0. The molecular weight excluding hydrogens is 192 g/mol.